The normalized spacial score (nSPS) is 25.2. The maximum Gasteiger partial charge on any atom is 0.248 e. The van der Waals surface area contributed by atoms with Crippen molar-refractivity contribution < 1.29 is 9.59 Å². The highest BCUT2D eigenvalue weighted by Gasteiger charge is 2.57. The molecule has 1 aromatic carbocycles. The Morgan fingerprint density at radius 1 is 1.32 bits per heavy atom. The molecular weight excluding hydrogens is 352 g/mol. The van der Waals surface area contributed by atoms with Crippen molar-refractivity contribution in [2.45, 2.75) is 37.1 Å². The molecule has 0 radical (unpaired) electrons. The molecule has 6 heteroatoms. The fourth-order valence-electron chi connectivity index (χ4n) is 3.75. The molecule has 2 saturated heterocycles. The highest BCUT2D eigenvalue weighted by molar-refractivity contribution is 8.00. The lowest BCUT2D eigenvalue weighted by molar-refractivity contribution is -0.136. The van der Waals surface area contributed by atoms with Crippen molar-refractivity contribution in [3.8, 4) is 0 Å². The van der Waals surface area contributed by atoms with E-state index in [1.54, 1.807) is 23.1 Å². The minimum absolute atomic E-state index is 0.0814. The lowest BCUT2D eigenvalue weighted by Gasteiger charge is -2.32. The predicted molar refractivity (Wildman–Crippen MR) is 103 cm³/mol. The summed E-state index contributed by atoms with van der Waals surface area (Å²) in [5, 5.41) is 5.09. The van der Waals surface area contributed by atoms with Gasteiger partial charge in [-0.05, 0) is 35.9 Å². The molecule has 1 N–H and O–H groups in total. The van der Waals surface area contributed by atoms with E-state index in [2.05, 4.69) is 18.3 Å². The highest BCUT2D eigenvalue weighted by atomic mass is 32.2. The van der Waals surface area contributed by atoms with Crippen molar-refractivity contribution in [3.63, 3.8) is 0 Å². The Kier molecular flexibility index (Phi) is 4.33. The van der Waals surface area contributed by atoms with Gasteiger partial charge < -0.3 is 10.2 Å². The van der Waals surface area contributed by atoms with Crippen molar-refractivity contribution in [2.75, 3.05) is 11.1 Å². The van der Waals surface area contributed by atoms with Gasteiger partial charge in [-0.1, -0.05) is 31.2 Å². The number of anilines is 1. The number of amides is 2. The van der Waals surface area contributed by atoms with Crippen LogP contribution < -0.4 is 5.32 Å². The van der Waals surface area contributed by atoms with Crippen LogP contribution in [0.4, 0.5) is 5.69 Å². The van der Waals surface area contributed by atoms with E-state index in [1.807, 2.05) is 40.6 Å². The van der Waals surface area contributed by atoms with Crippen molar-refractivity contribution in [1.29, 1.82) is 0 Å². The fraction of sp³-hybridized carbons (Fsp3) is 0.368. The van der Waals surface area contributed by atoms with Gasteiger partial charge in [0, 0.05) is 22.7 Å². The number of nitrogens with zero attached hydrogens (tertiary/aromatic N) is 1. The molecule has 0 bridgehead atoms. The smallest absolute Gasteiger partial charge is 0.248 e. The van der Waals surface area contributed by atoms with E-state index in [4.69, 9.17) is 0 Å². The molecule has 3 heterocycles. The molecule has 4 rings (SSSR count). The second kappa shape index (κ2) is 6.50. The number of hydrogen-bond acceptors (Lipinski definition) is 4. The van der Waals surface area contributed by atoms with Gasteiger partial charge in [-0.25, -0.2) is 0 Å². The molecule has 2 amide bonds. The van der Waals surface area contributed by atoms with Gasteiger partial charge in [0.15, 0.2) is 0 Å². The summed E-state index contributed by atoms with van der Waals surface area (Å²) in [6.07, 6.45) is 2.16. The lowest BCUT2D eigenvalue weighted by atomic mass is 10.1. The Labute approximate surface area is 155 Å². The van der Waals surface area contributed by atoms with E-state index < -0.39 is 6.04 Å². The molecule has 0 saturated carbocycles. The predicted octanol–water partition coefficient (Wildman–Crippen LogP) is 3.84. The number of hydrogen-bond donors (Lipinski definition) is 1. The zero-order valence-corrected chi connectivity index (χ0v) is 15.7. The van der Waals surface area contributed by atoms with Crippen LogP contribution in [0.2, 0.25) is 0 Å². The monoisotopic (exact) mass is 372 g/mol. The molecule has 2 aliphatic heterocycles. The molecule has 2 atom stereocenters. The summed E-state index contributed by atoms with van der Waals surface area (Å²) in [5.41, 5.74) is 1.96. The quantitative estimate of drug-likeness (QED) is 0.887. The number of thiophene rings is 1. The summed E-state index contributed by atoms with van der Waals surface area (Å²) < 4.78 is 0. The summed E-state index contributed by atoms with van der Waals surface area (Å²) in [7, 11) is 0. The van der Waals surface area contributed by atoms with Gasteiger partial charge in [-0.2, -0.15) is 0 Å². The van der Waals surface area contributed by atoms with Gasteiger partial charge in [0.1, 0.15) is 10.9 Å². The number of carbonyl (C=O) groups excluding carboxylic acids is 2. The summed E-state index contributed by atoms with van der Waals surface area (Å²) in [4.78, 5) is 28.2. The third kappa shape index (κ3) is 2.68. The van der Waals surface area contributed by atoms with Gasteiger partial charge in [0.25, 0.3) is 0 Å². The zero-order valence-electron chi connectivity index (χ0n) is 14.0. The van der Waals surface area contributed by atoms with E-state index in [0.29, 0.717) is 12.2 Å². The van der Waals surface area contributed by atoms with E-state index in [9.17, 15) is 9.59 Å². The molecule has 0 unspecified atom stereocenters. The number of fused-ring (bicyclic) bond motifs is 1. The van der Waals surface area contributed by atoms with Gasteiger partial charge in [0.2, 0.25) is 11.8 Å². The number of rotatable bonds is 4. The van der Waals surface area contributed by atoms with Crippen LogP contribution in [0.5, 0.6) is 0 Å². The van der Waals surface area contributed by atoms with Crippen molar-refractivity contribution >= 4 is 40.6 Å². The van der Waals surface area contributed by atoms with Crippen LogP contribution in [-0.2, 0) is 20.9 Å². The van der Waals surface area contributed by atoms with Gasteiger partial charge in [-0.3, -0.25) is 9.59 Å². The molecule has 2 fully saturated rings. The Morgan fingerprint density at radius 3 is 2.92 bits per heavy atom. The topological polar surface area (TPSA) is 49.4 Å². The molecule has 0 aliphatic carbocycles. The lowest BCUT2D eigenvalue weighted by Crippen LogP contribution is -2.47. The first kappa shape index (κ1) is 16.7. The number of benzene rings is 1. The Bertz CT molecular complexity index is 806. The minimum Gasteiger partial charge on any atom is -0.324 e. The van der Waals surface area contributed by atoms with Crippen LogP contribution in [0.25, 0.3) is 0 Å². The molecule has 2 aliphatic rings. The number of para-hydroxylation sites is 1. The first-order chi connectivity index (χ1) is 12.2. The van der Waals surface area contributed by atoms with E-state index in [0.717, 1.165) is 24.1 Å². The summed E-state index contributed by atoms with van der Waals surface area (Å²) in [6.45, 7) is 2.07. The number of thioether (sulfide) groups is 1. The van der Waals surface area contributed by atoms with E-state index in [1.165, 1.54) is 4.88 Å². The van der Waals surface area contributed by atoms with Crippen LogP contribution in [0.1, 0.15) is 30.2 Å². The second-order valence-electron chi connectivity index (χ2n) is 6.35. The summed E-state index contributed by atoms with van der Waals surface area (Å²) >= 11 is 3.40. The van der Waals surface area contributed by atoms with Crippen LogP contribution in [0.15, 0.2) is 41.8 Å². The first-order valence-electron chi connectivity index (χ1n) is 8.54. The molecule has 4 nitrogen and oxygen atoms in total. The zero-order chi connectivity index (χ0) is 17.4. The second-order valence-corrected chi connectivity index (χ2v) is 8.60. The van der Waals surface area contributed by atoms with Crippen molar-refractivity contribution in [1.82, 2.24) is 4.90 Å². The summed E-state index contributed by atoms with van der Waals surface area (Å²) in [6, 6.07) is 11.5. The first-order valence-corrected chi connectivity index (χ1v) is 10.4. The molecule has 25 heavy (non-hydrogen) atoms. The molecule has 130 valence electrons. The number of carbonyl (C=O) groups is 2. The van der Waals surface area contributed by atoms with Crippen molar-refractivity contribution in [3.05, 3.63) is 52.2 Å². The minimum atomic E-state index is -0.410. The number of aryl methyl sites for hydroxylation is 1. The van der Waals surface area contributed by atoms with Crippen LogP contribution >= 0.6 is 23.1 Å². The maximum atomic E-state index is 13.0. The van der Waals surface area contributed by atoms with Crippen LogP contribution in [-0.4, -0.2) is 28.5 Å². The molecule has 0 spiro atoms. The third-order valence-electron chi connectivity index (χ3n) is 4.99. The third-order valence-corrected chi connectivity index (χ3v) is 7.72. The molecule has 2 aromatic rings. The highest BCUT2D eigenvalue weighted by Crippen LogP contribution is 2.55. The van der Waals surface area contributed by atoms with Gasteiger partial charge in [0.05, 0.1) is 0 Å². The Balaban J connectivity index is 1.61. The average Bonchev–Trinajstić information content (AvgIpc) is 3.33. The van der Waals surface area contributed by atoms with Crippen LogP contribution in [0, 0.1) is 0 Å². The molecular formula is C19H20N2O2S2. The van der Waals surface area contributed by atoms with E-state index in [-0.39, 0.29) is 16.7 Å². The largest absolute Gasteiger partial charge is 0.324 e. The Hall–Kier alpha value is -1.79. The van der Waals surface area contributed by atoms with Crippen LogP contribution in [0.3, 0.4) is 0 Å². The fourth-order valence-corrected chi connectivity index (χ4v) is 6.48. The van der Waals surface area contributed by atoms with Gasteiger partial charge in [-0.15, -0.1) is 23.1 Å². The summed E-state index contributed by atoms with van der Waals surface area (Å²) in [5.74, 6) is 0.647. The average molecular weight is 373 g/mol. The standard InChI is InChI=1S/C19H20N2O2S2/c1-2-13-6-3-4-7-14(13)20-18(23)15-12-25-19(16-8-5-11-24-16)10-9-17(22)21(15)19/h3-8,11,15H,2,9-10,12H2,1H3,(H,20,23)/t15-,19+/m1/s1. The Morgan fingerprint density at radius 2 is 2.16 bits per heavy atom. The maximum absolute atomic E-state index is 13.0. The van der Waals surface area contributed by atoms with E-state index >= 15 is 0 Å². The SMILES string of the molecule is CCc1ccccc1NC(=O)[C@H]1CS[C@]2(c3cccs3)CCC(=O)N12. The number of nitrogens with one attached hydrogen (secondary N) is 1. The van der Waals surface area contributed by atoms with Crippen molar-refractivity contribution in [2.24, 2.45) is 0 Å². The molecule has 1 aromatic heterocycles. The van der Waals surface area contributed by atoms with Gasteiger partial charge >= 0.3 is 0 Å².